The molecule has 2 amide bonds. The van der Waals surface area contributed by atoms with E-state index < -0.39 is 17.6 Å². The van der Waals surface area contributed by atoms with Gasteiger partial charge in [-0.25, -0.2) is 4.98 Å². The molecule has 6 rings (SSSR count). The molecular weight excluding hydrogens is 820 g/mol. The van der Waals surface area contributed by atoms with Crippen LogP contribution in [0.4, 0.5) is 13.2 Å². The minimum atomic E-state index is -4.31. The van der Waals surface area contributed by atoms with Gasteiger partial charge in [0.1, 0.15) is 17.1 Å². The molecule has 2 unspecified atom stereocenters. The second-order valence-corrected chi connectivity index (χ2v) is 20.3. The van der Waals surface area contributed by atoms with Crippen LogP contribution in [0.15, 0.2) is 29.6 Å². The molecule has 2 aliphatic carbocycles. The second-order valence-electron chi connectivity index (χ2n) is 20.3. The number of aromatic amines is 1. The lowest BCUT2D eigenvalue weighted by Gasteiger charge is -2.46. The first-order chi connectivity index (χ1) is 29.5. The Hall–Kier alpha value is -3.97. The van der Waals surface area contributed by atoms with Crippen molar-refractivity contribution in [1.29, 1.82) is 5.41 Å². The molecule has 2 aliphatic heterocycles. The van der Waals surface area contributed by atoms with Crippen molar-refractivity contribution in [3.8, 4) is 0 Å². The van der Waals surface area contributed by atoms with Gasteiger partial charge in [-0.15, -0.1) is 0 Å². The highest BCUT2D eigenvalue weighted by Gasteiger charge is 2.47. The predicted molar refractivity (Wildman–Crippen MR) is 253 cm³/mol. The molecule has 2 saturated heterocycles. The van der Waals surface area contributed by atoms with Gasteiger partial charge in [-0.2, -0.15) is 18.3 Å². The quantitative estimate of drug-likeness (QED) is 0.103. The normalized spacial score (nSPS) is 18.6. The number of ether oxygens (including phenoxy) is 1. The van der Waals surface area contributed by atoms with Crippen molar-refractivity contribution in [2.45, 2.75) is 218 Å². The SMILES string of the molecule is CC(=O)OC(C)(C)C.CC(C)=C(C)C(=N)CC1C(=O)NC2CC1C2.CCCC.CCCC1(CC(C)C)CC1.CCn1nccc1C(=O)NC(CCC(C)(C)C(F)(F)F)c1cnc(C)[nH]1. The minimum Gasteiger partial charge on any atom is -0.460 e. The van der Waals surface area contributed by atoms with Gasteiger partial charge in [0.25, 0.3) is 5.91 Å². The van der Waals surface area contributed by atoms with Crippen LogP contribution in [0.1, 0.15) is 209 Å². The fraction of sp³-hybridized carbons (Fsp3) is 0.760. The van der Waals surface area contributed by atoms with E-state index >= 15 is 0 Å². The standard InChI is InChI=1S/C17H24F3N5O.C13H20N2O.C10H20.C6H12O2.C4H10/c1-5-25-14(7-9-22-25)15(26)24-12(13-10-21-11(2)23-13)6-8-16(3,4)17(18,19)20;1-7(2)8(3)12(14)6-11-9-4-10(5-9)15-13(11)16;1-4-5-10(6-7-10)8-9(2)3;1-5(7)8-6(2,3)4;1-3-4-2/h7,9-10,12H,5-6,8H2,1-4H3,(H,21,23)(H,24,26);9-11,14H,4-6H2,1-3H3,(H,15,16);9H,4-8H2,1-3H3;1-4H3;3-4H2,1-2H3. The number of carbonyl (C=O) groups is 3. The Bertz CT molecular complexity index is 1770. The number of hydrogen-bond acceptors (Lipinski definition) is 7. The van der Waals surface area contributed by atoms with Crippen LogP contribution in [-0.4, -0.2) is 61.1 Å². The summed E-state index contributed by atoms with van der Waals surface area (Å²) < 4.78 is 45.8. The van der Waals surface area contributed by atoms with Crippen LogP contribution in [0.2, 0.25) is 0 Å². The average Bonchev–Trinajstić information content (AvgIpc) is 3.51. The number of hydrogen-bond donors (Lipinski definition) is 4. The summed E-state index contributed by atoms with van der Waals surface area (Å²) in [4.78, 5) is 41.6. The second kappa shape index (κ2) is 26.2. The molecule has 366 valence electrons. The maximum Gasteiger partial charge on any atom is 0.393 e. The van der Waals surface area contributed by atoms with E-state index in [1.807, 2.05) is 48.5 Å². The lowest BCUT2D eigenvalue weighted by atomic mass is 9.66. The average molecular weight is 906 g/mol. The molecule has 2 bridgehead atoms. The number of amides is 2. The number of nitrogens with zero attached hydrogens (tertiary/aromatic N) is 3. The summed E-state index contributed by atoms with van der Waals surface area (Å²) in [6.07, 6.45) is 11.6. The van der Waals surface area contributed by atoms with E-state index in [4.69, 9.17) is 10.1 Å². The minimum absolute atomic E-state index is 0.0480. The summed E-state index contributed by atoms with van der Waals surface area (Å²) in [5, 5.41) is 17.9. The summed E-state index contributed by atoms with van der Waals surface area (Å²) in [5.41, 5.74) is 2.43. The third-order valence-electron chi connectivity index (χ3n) is 12.1. The number of rotatable bonds is 15. The number of piperidine rings is 2. The highest BCUT2D eigenvalue weighted by atomic mass is 19.4. The van der Waals surface area contributed by atoms with Crippen molar-refractivity contribution >= 4 is 23.5 Å². The number of imidazole rings is 1. The Balaban J connectivity index is 0.000000456. The monoisotopic (exact) mass is 906 g/mol. The van der Waals surface area contributed by atoms with Gasteiger partial charge < -0.3 is 25.8 Å². The van der Waals surface area contributed by atoms with Crippen LogP contribution >= 0.6 is 0 Å². The Kier molecular flexibility index (Phi) is 23.8. The van der Waals surface area contributed by atoms with Crippen molar-refractivity contribution in [2.24, 2.45) is 28.6 Å². The number of aryl methyl sites for hydroxylation is 2. The lowest BCUT2D eigenvalue weighted by molar-refractivity contribution is -0.214. The molecule has 4 N–H and O–H groups in total. The summed E-state index contributed by atoms with van der Waals surface area (Å²) in [5.74, 6) is 1.68. The zero-order chi connectivity index (χ0) is 49.2. The van der Waals surface area contributed by atoms with Crippen molar-refractivity contribution in [3.63, 3.8) is 0 Å². The van der Waals surface area contributed by atoms with Gasteiger partial charge >= 0.3 is 12.1 Å². The highest BCUT2D eigenvalue weighted by Crippen LogP contribution is 2.54. The van der Waals surface area contributed by atoms with Crippen molar-refractivity contribution in [3.05, 3.63) is 46.8 Å². The van der Waals surface area contributed by atoms with Gasteiger partial charge in [0, 0.05) is 43.8 Å². The van der Waals surface area contributed by atoms with E-state index in [0.717, 1.165) is 43.6 Å². The van der Waals surface area contributed by atoms with Gasteiger partial charge in [-0.05, 0) is 136 Å². The summed E-state index contributed by atoms with van der Waals surface area (Å²) in [7, 11) is 0. The van der Waals surface area contributed by atoms with E-state index in [1.165, 1.54) is 74.5 Å². The van der Waals surface area contributed by atoms with Crippen LogP contribution in [-0.2, 0) is 20.9 Å². The lowest BCUT2D eigenvalue weighted by Crippen LogP contribution is -2.57. The molecule has 2 saturated carbocycles. The highest BCUT2D eigenvalue weighted by molar-refractivity contribution is 6.00. The van der Waals surface area contributed by atoms with E-state index in [1.54, 1.807) is 13.0 Å². The number of carbonyl (C=O) groups excluding carboxylic acids is 3. The fourth-order valence-corrected chi connectivity index (χ4v) is 7.70. The van der Waals surface area contributed by atoms with E-state index in [2.05, 4.69) is 60.3 Å². The van der Waals surface area contributed by atoms with E-state index in [0.29, 0.717) is 47.8 Å². The predicted octanol–water partition coefficient (Wildman–Crippen LogP) is 12.8. The third kappa shape index (κ3) is 20.5. The number of fused-ring (bicyclic) bond motifs is 2. The van der Waals surface area contributed by atoms with Crippen molar-refractivity contribution in [1.82, 2.24) is 30.4 Å². The number of nitrogens with one attached hydrogen (secondary N) is 4. The van der Waals surface area contributed by atoms with Crippen LogP contribution in [0, 0.1) is 40.9 Å². The van der Waals surface area contributed by atoms with Crippen LogP contribution in [0.3, 0.4) is 0 Å². The maximum absolute atomic E-state index is 13.2. The van der Waals surface area contributed by atoms with Gasteiger partial charge in [-0.1, -0.05) is 73.3 Å². The summed E-state index contributed by atoms with van der Waals surface area (Å²) in [6, 6.07) is 1.41. The zero-order valence-electron chi connectivity index (χ0n) is 42.4. The Morgan fingerprint density at radius 3 is 1.98 bits per heavy atom. The number of allylic oxidation sites excluding steroid dienone is 2. The molecule has 0 radical (unpaired) electrons. The molecule has 4 aliphatic rings. The largest absolute Gasteiger partial charge is 0.460 e. The molecule has 11 nitrogen and oxygen atoms in total. The molecule has 64 heavy (non-hydrogen) atoms. The molecule has 14 heteroatoms. The number of aromatic nitrogens is 4. The molecule has 2 atom stereocenters. The molecule has 4 fully saturated rings. The van der Waals surface area contributed by atoms with Crippen LogP contribution in [0.5, 0.6) is 0 Å². The number of halogens is 3. The number of unbranched alkanes of at least 4 members (excludes halogenated alkanes) is 1. The molecule has 4 heterocycles. The Labute approximate surface area is 384 Å². The summed E-state index contributed by atoms with van der Waals surface area (Å²) >= 11 is 0. The van der Waals surface area contributed by atoms with Crippen molar-refractivity contribution < 1.29 is 32.3 Å². The third-order valence-corrected chi connectivity index (χ3v) is 12.1. The van der Waals surface area contributed by atoms with Crippen molar-refractivity contribution in [2.75, 3.05) is 0 Å². The van der Waals surface area contributed by atoms with Gasteiger partial charge in [0.15, 0.2) is 0 Å². The van der Waals surface area contributed by atoms with Gasteiger partial charge in [0.05, 0.1) is 23.3 Å². The number of esters is 1. The van der Waals surface area contributed by atoms with Gasteiger partial charge in [-0.3, -0.25) is 19.1 Å². The molecular formula is C50H86F3N7O4. The van der Waals surface area contributed by atoms with Gasteiger partial charge in [0.2, 0.25) is 5.91 Å². The van der Waals surface area contributed by atoms with E-state index in [9.17, 15) is 27.6 Å². The first-order valence-corrected chi connectivity index (χ1v) is 23.7. The topological polar surface area (TPSA) is 155 Å². The summed E-state index contributed by atoms with van der Waals surface area (Å²) in [6.45, 7) is 30.7. The Morgan fingerprint density at radius 2 is 1.59 bits per heavy atom. The molecule has 0 aromatic carbocycles. The van der Waals surface area contributed by atoms with Crippen LogP contribution < -0.4 is 10.6 Å². The van der Waals surface area contributed by atoms with Crippen LogP contribution in [0.25, 0.3) is 0 Å². The Morgan fingerprint density at radius 1 is 1.00 bits per heavy atom. The maximum atomic E-state index is 13.2. The fourth-order valence-electron chi connectivity index (χ4n) is 7.70. The zero-order valence-corrected chi connectivity index (χ0v) is 42.4. The number of alkyl halides is 3. The first-order valence-electron chi connectivity index (χ1n) is 23.7. The molecule has 2 aromatic rings. The van der Waals surface area contributed by atoms with E-state index in [-0.39, 0.29) is 42.1 Å². The first kappa shape index (κ1) is 58.0. The smallest absolute Gasteiger partial charge is 0.393 e. The number of H-pyrrole nitrogens is 1. The molecule has 2 aromatic heterocycles. The molecule has 0 spiro atoms.